The fourth-order valence-electron chi connectivity index (χ4n) is 6.71. The van der Waals surface area contributed by atoms with E-state index in [1.54, 1.807) is 0 Å². The van der Waals surface area contributed by atoms with Crippen molar-refractivity contribution in [1.29, 1.82) is 0 Å². The zero-order chi connectivity index (χ0) is 13.7. The van der Waals surface area contributed by atoms with E-state index in [1.807, 2.05) is 0 Å². The average Bonchev–Trinajstić information content (AvgIpc) is 2.45. The van der Waals surface area contributed by atoms with E-state index in [1.165, 1.54) is 51.4 Å². The Morgan fingerprint density at radius 3 is 2.20 bits per heavy atom. The normalized spacial score (nSPS) is 51.9. The van der Waals surface area contributed by atoms with Crippen LogP contribution in [0.5, 0.6) is 0 Å². The molecule has 4 saturated carbocycles. The second kappa shape index (κ2) is 5.14. The maximum Gasteiger partial charge on any atom is 0.133 e. The molecule has 0 aliphatic heterocycles. The molecule has 112 valence electrons. The highest BCUT2D eigenvalue weighted by Gasteiger charge is 2.49. The number of hydrogen-bond donors (Lipinski definition) is 0. The third kappa shape index (κ3) is 2.16. The van der Waals surface area contributed by atoms with Gasteiger partial charge >= 0.3 is 0 Å². The summed E-state index contributed by atoms with van der Waals surface area (Å²) in [5, 5.41) is 0. The van der Waals surface area contributed by atoms with Crippen molar-refractivity contribution in [2.75, 3.05) is 0 Å². The van der Waals surface area contributed by atoms with Crippen molar-refractivity contribution in [1.82, 2.24) is 0 Å². The fourth-order valence-corrected chi connectivity index (χ4v) is 6.71. The first-order valence-electron chi connectivity index (χ1n) is 9.24. The molecule has 20 heavy (non-hydrogen) atoms. The van der Waals surface area contributed by atoms with Crippen molar-refractivity contribution in [3.05, 3.63) is 0 Å². The maximum atomic E-state index is 11.7. The lowest BCUT2D eigenvalue weighted by atomic mass is 9.51. The van der Waals surface area contributed by atoms with E-state index in [9.17, 15) is 4.79 Å². The van der Waals surface area contributed by atoms with Crippen molar-refractivity contribution >= 4 is 5.78 Å². The number of fused-ring (bicyclic) bond motifs is 5. The number of ketones is 1. The average molecular weight is 274 g/mol. The molecule has 0 saturated heterocycles. The molecular formula is C19H30O. The Hall–Kier alpha value is -0.330. The van der Waals surface area contributed by atoms with Gasteiger partial charge in [-0.05, 0) is 86.4 Å². The van der Waals surface area contributed by atoms with Crippen molar-refractivity contribution in [2.24, 2.45) is 41.4 Å². The molecule has 0 N–H and O–H groups in total. The number of rotatable bonds is 0. The Bertz CT molecular complexity index is 387. The largest absolute Gasteiger partial charge is 0.300 e. The molecule has 4 rings (SSSR count). The summed E-state index contributed by atoms with van der Waals surface area (Å²) in [5.74, 6) is 7.39. The van der Waals surface area contributed by atoms with Crippen LogP contribution in [0.1, 0.15) is 71.1 Å². The first-order chi connectivity index (χ1) is 9.72. The van der Waals surface area contributed by atoms with Crippen LogP contribution in [0, 0.1) is 41.4 Å². The van der Waals surface area contributed by atoms with Gasteiger partial charge in [0, 0.05) is 12.8 Å². The molecule has 0 spiro atoms. The summed E-state index contributed by atoms with van der Waals surface area (Å²) in [7, 11) is 0. The highest BCUT2D eigenvalue weighted by Crippen LogP contribution is 2.57. The van der Waals surface area contributed by atoms with Crippen LogP contribution in [0.2, 0.25) is 0 Å². The fraction of sp³-hybridized carbons (Fsp3) is 0.947. The summed E-state index contributed by atoms with van der Waals surface area (Å²) in [6.45, 7) is 2.46. The lowest BCUT2D eigenvalue weighted by Gasteiger charge is -2.54. The molecule has 7 atom stereocenters. The summed E-state index contributed by atoms with van der Waals surface area (Å²) in [5.41, 5.74) is 0. The summed E-state index contributed by atoms with van der Waals surface area (Å²) in [6, 6.07) is 0. The van der Waals surface area contributed by atoms with Crippen LogP contribution in [-0.2, 0) is 4.79 Å². The van der Waals surface area contributed by atoms with Crippen molar-refractivity contribution < 1.29 is 4.79 Å². The van der Waals surface area contributed by atoms with E-state index in [0.29, 0.717) is 5.78 Å². The highest BCUT2D eigenvalue weighted by atomic mass is 16.1. The molecule has 1 nitrogen and oxygen atoms in total. The quantitative estimate of drug-likeness (QED) is 0.617. The van der Waals surface area contributed by atoms with Gasteiger partial charge in [-0.3, -0.25) is 4.79 Å². The summed E-state index contributed by atoms with van der Waals surface area (Å²) < 4.78 is 0. The first-order valence-corrected chi connectivity index (χ1v) is 9.24. The molecule has 0 aromatic rings. The Kier molecular flexibility index (Phi) is 3.43. The zero-order valence-corrected chi connectivity index (χ0v) is 13.0. The van der Waals surface area contributed by atoms with E-state index in [-0.39, 0.29) is 0 Å². The first kappa shape index (κ1) is 13.3. The number of Topliss-reactive ketones (excluding diaryl/α,β-unsaturated/α-hetero) is 1. The third-order valence-corrected chi connectivity index (χ3v) is 7.55. The molecule has 1 heteroatoms. The Morgan fingerprint density at radius 1 is 0.750 bits per heavy atom. The molecule has 4 fully saturated rings. The monoisotopic (exact) mass is 274 g/mol. The van der Waals surface area contributed by atoms with Crippen LogP contribution in [0.3, 0.4) is 0 Å². The molecule has 4 aliphatic rings. The van der Waals surface area contributed by atoms with Crippen LogP contribution >= 0.6 is 0 Å². The molecule has 7 unspecified atom stereocenters. The highest BCUT2D eigenvalue weighted by molar-refractivity contribution is 5.79. The number of carbonyl (C=O) groups excluding carboxylic acids is 1. The Labute approximate surface area is 123 Å². The summed E-state index contributed by atoms with van der Waals surface area (Å²) in [6.07, 6.45) is 13.4. The molecule has 4 aliphatic carbocycles. The summed E-state index contributed by atoms with van der Waals surface area (Å²) in [4.78, 5) is 11.7. The van der Waals surface area contributed by atoms with Gasteiger partial charge in [-0.2, -0.15) is 0 Å². The van der Waals surface area contributed by atoms with Gasteiger partial charge in [0.25, 0.3) is 0 Å². The van der Waals surface area contributed by atoms with Crippen LogP contribution in [0.15, 0.2) is 0 Å². The van der Waals surface area contributed by atoms with Crippen LogP contribution in [0.25, 0.3) is 0 Å². The topological polar surface area (TPSA) is 17.1 Å². The van der Waals surface area contributed by atoms with E-state index < -0.39 is 0 Å². The number of hydrogen-bond acceptors (Lipinski definition) is 1. The van der Waals surface area contributed by atoms with E-state index in [4.69, 9.17) is 0 Å². The van der Waals surface area contributed by atoms with Gasteiger partial charge in [0.1, 0.15) is 5.78 Å². The van der Waals surface area contributed by atoms with E-state index in [2.05, 4.69) is 6.92 Å². The van der Waals surface area contributed by atoms with Gasteiger partial charge in [0.2, 0.25) is 0 Å². The van der Waals surface area contributed by atoms with E-state index in [0.717, 1.165) is 54.3 Å². The minimum absolute atomic E-state index is 0.560. The van der Waals surface area contributed by atoms with Crippen LogP contribution in [-0.4, -0.2) is 5.78 Å². The third-order valence-electron chi connectivity index (χ3n) is 7.55. The van der Waals surface area contributed by atoms with Gasteiger partial charge < -0.3 is 0 Å². The van der Waals surface area contributed by atoms with Crippen molar-refractivity contribution in [3.63, 3.8) is 0 Å². The second-order valence-electron chi connectivity index (χ2n) is 8.53. The smallest absolute Gasteiger partial charge is 0.133 e. The van der Waals surface area contributed by atoms with Gasteiger partial charge in [-0.25, -0.2) is 0 Å². The number of carbonyl (C=O) groups is 1. The minimum atomic E-state index is 0.560. The lowest BCUT2D eigenvalue weighted by molar-refractivity contribution is -0.126. The van der Waals surface area contributed by atoms with Crippen LogP contribution in [0.4, 0.5) is 0 Å². The molecule has 0 bridgehead atoms. The van der Waals surface area contributed by atoms with Crippen molar-refractivity contribution in [2.45, 2.75) is 71.1 Å². The second-order valence-corrected chi connectivity index (χ2v) is 8.53. The molecule has 0 aromatic heterocycles. The van der Waals surface area contributed by atoms with Gasteiger partial charge in [-0.15, -0.1) is 0 Å². The molecule has 0 radical (unpaired) electrons. The molecule has 0 amide bonds. The predicted octanol–water partition coefficient (Wildman–Crippen LogP) is 4.84. The minimum Gasteiger partial charge on any atom is -0.300 e. The van der Waals surface area contributed by atoms with Gasteiger partial charge in [-0.1, -0.05) is 13.3 Å². The molecular weight excluding hydrogens is 244 g/mol. The molecule has 0 heterocycles. The van der Waals surface area contributed by atoms with Gasteiger partial charge in [0.15, 0.2) is 0 Å². The standard InChI is InChI=1S/C19H30O/c1-12-2-6-16-13(10-12)3-7-19-17-9-5-15(20)11-14(17)4-8-18(16)19/h12-14,16-19H,2-11H2,1H3. The summed E-state index contributed by atoms with van der Waals surface area (Å²) >= 11 is 0. The lowest BCUT2D eigenvalue weighted by Crippen LogP contribution is -2.47. The Balaban J connectivity index is 1.51. The van der Waals surface area contributed by atoms with E-state index >= 15 is 0 Å². The van der Waals surface area contributed by atoms with Crippen LogP contribution < -0.4 is 0 Å². The molecule has 0 aromatic carbocycles. The maximum absolute atomic E-state index is 11.7. The predicted molar refractivity (Wildman–Crippen MR) is 81.3 cm³/mol. The Morgan fingerprint density at radius 2 is 1.40 bits per heavy atom. The van der Waals surface area contributed by atoms with Crippen molar-refractivity contribution in [3.8, 4) is 0 Å². The zero-order valence-electron chi connectivity index (χ0n) is 13.0. The van der Waals surface area contributed by atoms with Gasteiger partial charge in [0.05, 0.1) is 0 Å². The SMILES string of the molecule is CC1CCC2C(CCC3C4CCC(=O)CC4CCC23)C1.